The van der Waals surface area contributed by atoms with Gasteiger partial charge < -0.3 is 4.74 Å². The molecule has 0 saturated carbocycles. The summed E-state index contributed by atoms with van der Waals surface area (Å²) in [6.45, 7) is 6.88. The van der Waals surface area contributed by atoms with Crippen molar-refractivity contribution in [3.8, 4) is 5.75 Å². The van der Waals surface area contributed by atoms with Crippen molar-refractivity contribution in [1.29, 1.82) is 0 Å². The molecular formula is C22H37NO2. The third-order valence-corrected chi connectivity index (χ3v) is 4.48. The van der Waals surface area contributed by atoms with Gasteiger partial charge in [0.2, 0.25) is 0 Å². The van der Waals surface area contributed by atoms with Gasteiger partial charge in [-0.25, -0.2) is 0 Å². The van der Waals surface area contributed by atoms with Crippen molar-refractivity contribution in [3.05, 3.63) is 30.3 Å². The summed E-state index contributed by atoms with van der Waals surface area (Å²) >= 11 is 0. The van der Waals surface area contributed by atoms with Crippen molar-refractivity contribution in [2.45, 2.75) is 78.1 Å². The lowest BCUT2D eigenvalue weighted by molar-refractivity contribution is -0.135. The molecule has 0 atom stereocenters. The number of nitrogens with zero attached hydrogens (tertiary/aromatic N) is 1. The Hall–Kier alpha value is -1.35. The highest BCUT2D eigenvalue weighted by atomic mass is 16.5. The van der Waals surface area contributed by atoms with Gasteiger partial charge in [-0.1, -0.05) is 83.4 Å². The van der Waals surface area contributed by atoms with E-state index in [1.165, 1.54) is 64.2 Å². The van der Waals surface area contributed by atoms with Crippen LogP contribution in [0.25, 0.3) is 0 Å². The van der Waals surface area contributed by atoms with Crippen LogP contribution in [0.3, 0.4) is 0 Å². The average molecular weight is 348 g/mol. The molecule has 0 fully saturated rings. The molecule has 0 N–H and O–H groups in total. The molecule has 3 nitrogen and oxygen atoms in total. The standard InChI is InChI=1S/C22H37NO2/c1-3-5-7-9-14-18-23(19-15-10-8-6-4-2)20-22(24)25-21-16-12-11-13-17-21/h11-13,16-17H,3-10,14-15,18-20H2,1-2H3. The first kappa shape index (κ1) is 21.7. The number of carbonyl (C=O) groups excluding carboxylic acids is 1. The number of hydrogen-bond donors (Lipinski definition) is 0. The van der Waals surface area contributed by atoms with E-state index in [4.69, 9.17) is 4.74 Å². The van der Waals surface area contributed by atoms with Crippen LogP contribution in [-0.4, -0.2) is 30.5 Å². The molecule has 0 aromatic heterocycles. The fraction of sp³-hybridized carbons (Fsp3) is 0.682. The molecule has 25 heavy (non-hydrogen) atoms. The number of ether oxygens (including phenoxy) is 1. The van der Waals surface area contributed by atoms with Gasteiger partial charge >= 0.3 is 5.97 Å². The molecule has 0 unspecified atom stereocenters. The average Bonchev–Trinajstić information content (AvgIpc) is 2.62. The Kier molecular flexibility index (Phi) is 13.0. The van der Waals surface area contributed by atoms with Gasteiger partial charge in [0.05, 0.1) is 6.54 Å². The molecule has 0 spiro atoms. The maximum atomic E-state index is 12.2. The van der Waals surface area contributed by atoms with Crippen LogP contribution in [0.5, 0.6) is 5.75 Å². The smallest absolute Gasteiger partial charge is 0.325 e. The number of unbranched alkanes of at least 4 members (excludes halogenated alkanes) is 8. The van der Waals surface area contributed by atoms with E-state index in [9.17, 15) is 4.79 Å². The van der Waals surface area contributed by atoms with E-state index >= 15 is 0 Å². The van der Waals surface area contributed by atoms with E-state index in [1.807, 2.05) is 30.3 Å². The summed E-state index contributed by atoms with van der Waals surface area (Å²) in [6, 6.07) is 9.37. The predicted molar refractivity (Wildman–Crippen MR) is 106 cm³/mol. The molecule has 0 radical (unpaired) electrons. The molecule has 142 valence electrons. The number of benzene rings is 1. The van der Waals surface area contributed by atoms with Gasteiger partial charge in [0.25, 0.3) is 0 Å². The monoisotopic (exact) mass is 347 g/mol. The van der Waals surface area contributed by atoms with Gasteiger partial charge in [0.15, 0.2) is 0 Å². The number of hydrogen-bond acceptors (Lipinski definition) is 3. The lowest BCUT2D eigenvalue weighted by atomic mass is 10.1. The second kappa shape index (κ2) is 14.9. The fourth-order valence-corrected chi connectivity index (χ4v) is 2.98. The van der Waals surface area contributed by atoms with E-state index in [2.05, 4.69) is 18.7 Å². The van der Waals surface area contributed by atoms with Crippen LogP contribution in [-0.2, 0) is 4.79 Å². The van der Waals surface area contributed by atoms with Crippen LogP contribution in [0.4, 0.5) is 0 Å². The number of para-hydroxylation sites is 1. The summed E-state index contributed by atoms with van der Waals surface area (Å²) in [5.74, 6) is 0.492. The zero-order valence-corrected chi connectivity index (χ0v) is 16.3. The SMILES string of the molecule is CCCCCCCN(CCCCCCC)CC(=O)Oc1ccccc1. The third kappa shape index (κ3) is 11.8. The predicted octanol–water partition coefficient (Wildman–Crippen LogP) is 5.83. The first-order chi connectivity index (χ1) is 12.3. The van der Waals surface area contributed by atoms with Gasteiger partial charge in [-0.3, -0.25) is 9.69 Å². The Morgan fingerprint density at radius 2 is 1.32 bits per heavy atom. The highest BCUT2D eigenvalue weighted by Crippen LogP contribution is 2.10. The van der Waals surface area contributed by atoms with Crippen molar-refractivity contribution in [1.82, 2.24) is 4.90 Å². The quantitative estimate of drug-likeness (QED) is 0.227. The van der Waals surface area contributed by atoms with Crippen molar-refractivity contribution in [3.63, 3.8) is 0 Å². The van der Waals surface area contributed by atoms with Crippen LogP contribution in [0, 0.1) is 0 Å². The molecule has 0 aliphatic carbocycles. The lowest BCUT2D eigenvalue weighted by Gasteiger charge is -2.21. The maximum Gasteiger partial charge on any atom is 0.325 e. The molecule has 1 aromatic carbocycles. The largest absolute Gasteiger partial charge is 0.426 e. The number of esters is 1. The highest BCUT2D eigenvalue weighted by Gasteiger charge is 2.12. The zero-order valence-electron chi connectivity index (χ0n) is 16.3. The summed E-state index contributed by atoms with van der Waals surface area (Å²) in [4.78, 5) is 14.5. The second-order valence-corrected chi connectivity index (χ2v) is 6.89. The van der Waals surface area contributed by atoms with Gasteiger partial charge in [-0.05, 0) is 38.1 Å². The second-order valence-electron chi connectivity index (χ2n) is 6.89. The molecule has 1 aromatic rings. The van der Waals surface area contributed by atoms with Gasteiger partial charge in [-0.2, -0.15) is 0 Å². The van der Waals surface area contributed by atoms with Crippen LogP contribution in [0.1, 0.15) is 78.1 Å². The van der Waals surface area contributed by atoms with Crippen LogP contribution in [0.15, 0.2) is 30.3 Å². The van der Waals surface area contributed by atoms with Crippen molar-refractivity contribution in [2.75, 3.05) is 19.6 Å². The van der Waals surface area contributed by atoms with E-state index in [0.29, 0.717) is 12.3 Å². The number of carbonyl (C=O) groups is 1. The van der Waals surface area contributed by atoms with Gasteiger partial charge in [0, 0.05) is 0 Å². The fourth-order valence-electron chi connectivity index (χ4n) is 2.98. The Labute approximate surface area is 154 Å². The molecule has 1 rings (SSSR count). The molecule has 0 bridgehead atoms. The molecule has 0 aliphatic heterocycles. The van der Waals surface area contributed by atoms with E-state index in [1.54, 1.807) is 0 Å². The Morgan fingerprint density at radius 1 is 0.800 bits per heavy atom. The molecular weight excluding hydrogens is 310 g/mol. The minimum Gasteiger partial charge on any atom is -0.426 e. The van der Waals surface area contributed by atoms with Crippen molar-refractivity contribution in [2.24, 2.45) is 0 Å². The first-order valence-electron chi connectivity index (χ1n) is 10.2. The Bertz CT molecular complexity index is 419. The van der Waals surface area contributed by atoms with Crippen molar-refractivity contribution < 1.29 is 9.53 Å². The summed E-state index contributed by atoms with van der Waals surface area (Å²) in [5, 5.41) is 0. The van der Waals surface area contributed by atoms with E-state index in [-0.39, 0.29) is 5.97 Å². The summed E-state index contributed by atoms with van der Waals surface area (Å²) in [6.07, 6.45) is 12.6. The normalized spacial score (nSPS) is 11.0. The van der Waals surface area contributed by atoms with E-state index in [0.717, 1.165) is 13.1 Å². The van der Waals surface area contributed by atoms with E-state index < -0.39 is 0 Å². The summed E-state index contributed by atoms with van der Waals surface area (Å²) < 4.78 is 5.45. The van der Waals surface area contributed by atoms with Gasteiger partial charge in [-0.15, -0.1) is 0 Å². The van der Waals surface area contributed by atoms with Crippen molar-refractivity contribution >= 4 is 5.97 Å². The minimum atomic E-state index is -0.145. The molecule has 0 heterocycles. The maximum absolute atomic E-state index is 12.2. The third-order valence-electron chi connectivity index (χ3n) is 4.48. The lowest BCUT2D eigenvalue weighted by Crippen LogP contribution is -2.34. The van der Waals surface area contributed by atoms with Crippen LogP contribution in [0.2, 0.25) is 0 Å². The van der Waals surface area contributed by atoms with Crippen LogP contribution < -0.4 is 4.74 Å². The highest BCUT2D eigenvalue weighted by molar-refractivity contribution is 5.74. The molecule has 0 aliphatic rings. The topological polar surface area (TPSA) is 29.5 Å². The van der Waals surface area contributed by atoms with Gasteiger partial charge in [0.1, 0.15) is 5.75 Å². The summed E-state index contributed by atoms with van der Waals surface area (Å²) in [5.41, 5.74) is 0. The molecule has 3 heteroatoms. The Morgan fingerprint density at radius 3 is 1.84 bits per heavy atom. The summed E-state index contributed by atoms with van der Waals surface area (Å²) in [7, 11) is 0. The molecule has 0 amide bonds. The molecule has 0 saturated heterocycles. The zero-order chi connectivity index (χ0) is 18.2. The number of rotatable bonds is 15. The minimum absolute atomic E-state index is 0.145. The Balaban J connectivity index is 2.35. The van der Waals surface area contributed by atoms with Crippen LogP contribution >= 0.6 is 0 Å². The first-order valence-corrected chi connectivity index (χ1v) is 10.2.